The summed E-state index contributed by atoms with van der Waals surface area (Å²) in [4.78, 5) is 30.8. The summed E-state index contributed by atoms with van der Waals surface area (Å²) in [5.74, 6) is -1.31. The van der Waals surface area contributed by atoms with Crippen molar-refractivity contribution in [3.63, 3.8) is 0 Å². The molecule has 0 bridgehead atoms. The third-order valence-corrected chi connectivity index (χ3v) is 6.78. The minimum atomic E-state index is -0.667. The Kier molecular flexibility index (Phi) is 7.51. The molecule has 1 saturated heterocycles. The number of esters is 2. The van der Waals surface area contributed by atoms with Gasteiger partial charge < -0.3 is 14.4 Å². The summed E-state index contributed by atoms with van der Waals surface area (Å²) < 4.78 is 11.6. The van der Waals surface area contributed by atoms with E-state index in [1.54, 1.807) is 0 Å². The molecule has 2 heterocycles. The summed E-state index contributed by atoms with van der Waals surface area (Å²) in [5, 5.41) is 4.79. The molecule has 0 unspecified atom stereocenters. The van der Waals surface area contributed by atoms with Crippen molar-refractivity contribution in [3.05, 3.63) is 102 Å². The second kappa shape index (κ2) is 11.3. The van der Waals surface area contributed by atoms with Crippen LogP contribution in [0.5, 0.6) is 0 Å². The van der Waals surface area contributed by atoms with Crippen LogP contribution in [0.4, 0.5) is 5.69 Å². The Morgan fingerprint density at radius 2 is 1.37 bits per heavy atom. The number of para-hydroxylation sites is 2. The number of benzene rings is 3. The SMILES string of the molecule is COC(=O)c1c(-c2ccccc2N2CCN(Cc3ccccc3)CC2)nn(-c2ccccc2)c1C(=O)OC. The van der Waals surface area contributed by atoms with Gasteiger partial charge in [-0.2, -0.15) is 5.10 Å². The van der Waals surface area contributed by atoms with Gasteiger partial charge in [0, 0.05) is 44.0 Å². The number of aromatic nitrogens is 2. The fourth-order valence-electron chi connectivity index (χ4n) is 4.88. The van der Waals surface area contributed by atoms with Crippen molar-refractivity contribution in [2.75, 3.05) is 45.3 Å². The van der Waals surface area contributed by atoms with Crippen molar-refractivity contribution in [1.29, 1.82) is 0 Å². The van der Waals surface area contributed by atoms with Gasteiger partial charge in [-0.15, -0.1) is 0 Å². The summed E-state index contributed by atoms with van der Waals surface area (Å²) in [5.41, 5.74) is 4.13. The van der Waals surface area contributed by atoms with Gasteiger partial charge in [0.1, 0.15) is 11.3 Å². The molecule has 8 heteroatoms. The van der Waals surface area contributed by atoms with Crippen LogP contribution in [0.1, 0.15) is 26.4 Å². The molecule has 0 atom stereocenters. The molecular formula is C30H30N4O4. The maximum absolute atomic E-state index is 13.1. The van der Waals surface area contributed by atoms with Crippen LogP contribution >= 0.6 is 0 Å². The lowest BCUT2D eigenvalue weighted by Crippen LogP contribution is -2.46. The van der Waals surface area contributed by atoms with Crippen molar-refractivity contribution in [2.45, 2.75) is 6.54 Å². The van der Waals surface area contributed by atoms with Gasteiger partial charge in [-0.25, -0.2) is 14.3 Å². The highest BCUT2D eigenvalue weighted by atomic mass is 16.5. The first-order valence-corrected chi connectivity index (χ1v) is 12.6. The number of carbonyl (C=O) groups is 2. The van der Waals surface area contributed by atoms with E-state index in [0.717, 1.165) is 44.0 Å². The number of carbonyl (C=O) groups excluding carboxylic acids is 2. The van der Waals surface area contributed by atoms with Gasteiger partial charge in [0.15, 0.2) is 5.69 Å². The second-order valence-corrected chi connectivity index (χ2v) is 9.07. The number of hydrogen-bond donors (Lipinski definition) is 0. The highest BCUT2D eigenvalue weighted by Gasteiger charge is 2.33. The lowest BCUT2D eigenvalue weighted by Gasteiger charge is -2.37. The average Bonchev–Trinajstić information content (AvgIpc) is 3.38. The van der Waals surface area contributed by atoms with Gasteiger partial charge in [0.2, 0.25) is 0 Å². The third-order valence-electron chi connectivity index (χ3n) is 6.78. The van der Waals surface area contributed by atoms with Crippen LogP contribution in [0.2, 0.25) is 0 Å². The molecule has 1 aromatic heterocycles. The molecule has 1 fully saturated rings. The number of nitrogens with zero attached hydrogens (tertiary/aromatic N) is 4. The van der Waals surface area contributed by atoms with E-state index in [1.807, 2.05) is 60.7 Å². The van der Waals surface area contributed by atoms with E-state index in [-0.39, 0.29) is 11.3 Å². The molecule has 0 amide bonds. The van der Waals surface area contributed by atoms with E-state index in [1.165, 1.54) is 24.5 Å². The molecule has 0 aliphatic carbocycles. The minimum Gasteiger partial charge on any atom is -0.465 e. The molecule has 0 saturated carbocycles. The normalized spacial score (nSPS) is 13.8. The zero-order valence-corrected chi connectivity index (χ0v) is 21.5. The van der Waals surface area contributed by atoms with Crippen molar-refractivity contribution in [2.24, 2.45) is 0 Å². The van der Waals surface area contributed by atoms with Gasteiger partial charge in [0.25, 0.3) is 0 Å². The minimum absolute atomic E-state index is 0.0306. The fourth-order valence-corrected chi connectivity index (χ4v) is 4.88. The van der Waals surface area contributed by atoms with E-state index in [2.05, 4.69) is 34.1 Å². The lowest BCUT2D eigenvalue weighted by molar-refractivity contribution is 0.0549. The van der Waals surface area contributed by atoms with Crippen LogP contribution in [0.25, 0.3) is 16.9 Å². The maximum Gasteiger partial charge on any atom is 0.357 e. The molecule has 4 aromatic rings. The number of piperazine rings is 1. The van der Waals surface area contributed by atoms with Crippen LogP contribution in [-0.2, 0) is 16.0 Å². The van der Waals surface area contributed by atoms with Crippen molar-refractivity contribution >= 4 is 17.6 Å². The highest BCUT2D eigenvalue weighted by molar-refractivity contribution is 6.07. The largest absolute Gasteiger partial charge is 0.465 e. The molecule has 0 spiro atoms. The predicted octanol–water partition coefficient (Wildman–Crippen LogP) is 4.43. The first-order chi connectivity index (χ1) is 18.6. The van der Waals surface area contributed by atoms with Crippen molar-refractivity contribution in [1.82, 2.24) is 14.7 Å². The zero-order chi connectivity index (χ0) is 26.5. The van der Waals surface area contributed by atoms with Crippen molar-refractivity contribution in [3.8, 4) is 16.9 Å². The Morgan fingerprint density at radius 3 is 2.03 bits per heavy atom. The summed E-state index contributed by atoms with van der Waals surface area (Å²) >= 11 is 0. The summed E-state index contributed by atoms with van der Waals surface area (Å²) in [6.45, 7) is 4.35. The topological polar surface area (TPSA) is 76.9 Å². The molecule has 5 rings (SSSR count). The quantitative estimate of drug-likeness (QED) is 0.340. The molecular weight excluding hydrogens is 480 g/mol. The van der Waals surface area contributed by atoms with Gasteiger partial charge in [-0.1, -0.05) is 66.7 Å². The van der Waals surface area contributed by atoms with Crippen molar-refractivity contribution < 1.29 is 19.1 Å². The molecule has 3 aromatic carbocycles. The third kappa shape index (κ3) is 5.03. The van der Waals surface area contributed by atoms with Gasteiger partial charge in [-0.05, 0) is 23.8 Å². The second-order valence-electron chi connectivity index (χ2n) is 9.07. The maximum atomic E-state index is 13.1. The summed E-state index contributed by atoms with van der Waals surface area (Å²) in [7, 11) is 2.58. The predicted molar refractivity (Wildman–Crippen MR) is 146 cm³/mol. The molecule has 1 aliphatic heterocycles. The zero-order valence-electron chi connectivity index (χ0n) is 21.5. The first-order valence-electron chi connectivity index (χ1n) is 12.6. The van der Waals surface area contributed by atoms with E-state index in [4.69, 9.17) is 14.6 Å². The van der Waals surface area contributed by atoms with Crippen LogP contribution < -0.4 is 4.90 Å². The molecule has 0 radical (unpaired) electrons. The van der Waals surface area contributed by atoms with Crippen LogP contribution in [0, 0.1) is 0 Å². The highest BCUT2D eigenvalue weighted by Crippen LogP contribution is 2.36. The fraction of sp³-hybridized carbons (Fsp3) is 0.233. The van der Waals surface area contributed by atoms with E-state index in [0.29, 0.717) is 11.4 Å². The summed E-state index contributed by atoms with van der Waals surface area (Å²) in [6, 6.07) is 27.5. The Labute approximate surface area is 222 Å². The standard InChI is InChI=1S/C30H30N4O4/c1-37-29(35)26-27(31-34(28(26)30(36)38-2)23-13-7-4-8-14-23)24-15-9-10-16-25(24)33-19-17-32(18-20-33)21-22-11-5-3-6-12-22/h3-16H,17-21H2,1-2H3. The smallest absolute Gasteiger partial charge is 0.357 e. The molecule has 0 N–H and O–H groups in total. The number of anilines is 1. The molecule has 8 nitrogen and oxygen atoms in total. The molecule has 1 aliphatic rings. The van der Waals surface area contributed by atoms with Crippen LogP contribution in [-0.4, -0.2) is 67.0 Å². The van der Waals surface area contributed by atoms with Gasteiger partial charge in [-0.3, -0.25) is 4.90 Å². The average molecular weight is 511 g/mol. The van der Waals surface area contributed by atoms with Gasteiger partial charge in [0.05, 0.1) is 19.9 Å². The van der Waals surface area contributed by atoms with Crippen LogP contribution in [0.3, 0.4) is 0 Å². The number of ether oxygens (including phenoxy) is 2. The summed E-state index contributed by atoms with van der Waals surface area (Å²) in [6.07, 6.45) is 0. The lowest BCUT2D eigenvalue weighted by atomic mass is 10.0. The van der Waals surface area contributed by atoms with E-state index < -0.39 is 11.9 Å². The number of rotatable bonds is 7. The Balaban J connectivity index is 1.53. The molecule has 194 valence electrons. The van der Waals surface area contributed by atoms with E-state index >= 15 is 0 Å². The Morgan fingerprint density at radius 1 is 0.763 bits per heavy atom. The number of methoxy groups -OCH3 is 2. The first kappa shape index (κ1) is 25.2. The van der Waals surface area contributed by atoms with E-state index in [9.17, 15) is 9.59 Å². The van der Waals surface area contributed by atoms with Gasteiger partial charge >= 0.3 is 11.9 Å². The number of hydrogen-bond acceptors (Lipinski definition) is 7. The molecule has 38 heavy (non-hydrogen) atoms. The monoisotopic (exact) mass is 510 g/mol. The Bertz CT molecular complexity index is 1410. The van der Waals surface area contributed by atoms with Crippen LogP contribution in [0.15, 0.2) is 84.9 Å². The Hall–Kier alpha value is -4.43.